The van der Waals surface area contributed by atoms with Crippen LogP contribution < -0.4 is 39.9 Å². The van der Waals surface area contributed by atoms with Crippen LogP contribution in [0.3, 0.4) is 0 Å². The third-order valence-corrected chi connectivity index (χ3v) is 12.5. The average molecular weight is 1230 g/mol. The fraction of sp³-hybridized carbons (Fsp3) is 0.367. The van der Waals surface area contributed by atoms with Crippen LogP contribution in [0.4, 0.5) is 43.9 Å². The summed E-state index contributed by atoms with van der Waals surface area (Å²) in [6.07, 6.45) is -17.7. The van der Waals surface area contributed by atoms with Gasteiger partial charge in [-0.1, -0.05) is 29.7 Å². The number of hydrogen-bond donors (Lipinski definition) is 4. The molecule has 6 aromatic rings. The highest BCUT2D eigenvalue weighted by Gasteiger charge is 2.57. The van der Waals surface area contributed by atoms with Gasteiger partial charge in [-0.3, -0.25) is 19.2 Å². The van der Waals surface area contributed by atoms with Crippen molar-refractivity contribution in [2.24, 2.45) is 11.5 Å². The fourth-order valence-electron chi connectivity index (χ4n) is 8.01. The number of aromatic nitrogens is 2. The van der Waals surface area contributed by atoms with E-state index in [0.29, 0.717) is 0 Å². The molecule has 2 heterocycles. The number of Topliss-reactive ketones (excluding diaryl/α,β-unsaturated/α-hetero) is 2. The number of carbonyl (C=O) groups is 4. The van der Waals surface area contributed by atoms with Crippen molar-refractivity contribution in [3.05, 3.63) is 142 Å². The molecule has 4 unspecified atom stereocenters. The molecule has 0 bridgehead atoms. The molecule has 0 aliphatic rings. The van der Waals surface area contributed by atoms with Gasteiger partial charge in [-0.25, -0.2) is 27.5 Å². The van der Waals surface area contributed by atoms with Gasteiger partial charge in [0.1, 0.15) is 46.9 Å². The number of benzene rings is 4. The Labute approximate surface area is 491 Å². The summed E-state index contributed by atoms with van der Waals surface area (Å²) >= 11 is 0. The average Bonchev–Trinajstić information content (AvgIpc) is 1.26. The van der Waals surface area contributed by atoms with Crippen molar-refractivity contribution in [1.82, 2.24) is 9.97 Å². The SMILES string of the molecule is C.C.C.C.COc1cc(C(=O)CCC(O)(c2ccc(OC)c(-c3ccc(F)c(C(C)F)c3)n2)C(F)(F)F)ccc1OCC(N)=O.COc1cc(C(=O)CCC(O)(c2ccc(OC)c(-c3ccc(F)c(C(C)F)c3)n2)C(F)(F)F)ccc1OCC(N)=O. The Bertz CT molecular complexity index is 3080. The summed E-state index contributed by atoms with van der Waals surface area (Å²) in [7, 11) is 4.98. The third kappa shape index (κ3) is 17.8. The van der Waals surface area contributed by atoms with Crippen LogP contribution in [0, 0.1) is 11.6 Å². The normalized spacial score (nSPS) is 13.0. The van der Waals surface area contributed by atoms with E-state index >= 15 is 0 Å². The van der Waals surface area contributed by atoms with E-state index in [1.165, 1.54) is 77.0 Å². The Kier molecular flexibility index (Phi) is 27.7. The first-order valence-corrected chi connectivity index (χ1v) is 24.2. The van der Waals surface area contributed by atoms with E-state index in [1.807, 2.05) is 0 Å². The molecule has 6 N–H and O–H groups in total. The molecule has 4 aromatic carbocycles. The topological polar surface area (TPSA) is 242 Å². The second-order valence-electron chi connectivity index (χ2n) is 18.0. The molecule has 0 fully saturated rings. The Morgan fingerprint density at radius 2 is 0.802 bits per heavy atom. The summed E-state index contributed by atoms with van der Waals surface area (Å²) in [6, 6.07) is 18.0. The molecule has 4 atom stereocenters. The number of rotatable bonds is 24. The molecule has 6 rings (SSSR count). The molecule has 0 aliphatic carbocycles. The van der Waals surface area contributed by atoms with Gasteiger partial charge in [-0.05, 0) is 124 Å². The van der Waals surface area contributed by atoms with Gasteiger partial charge in [0, 0.05) is 46.2 Å². The van der Waals surface area contributed by atoms with Crippen molar-refractivity contribution in [1.29, 1.82) is 0 Å². The number of pyridine rings is 2. The van der Waals surface area contributed by atoms with E-state index in [0.717, 1.165) is 62.4 Å². The van der Waals surface area contributed by atoms with Crippen LogP contribution in [0.25, 0.3) is 22.5 Å². The van der Waals surface area contributed by atoms with Gasteiger partial charge in [0.2, 0.25) is 11.2 Å². The lowest BCUT2D eigenvalue weighted by molar-refractivity contribution is -0.270. The molecule has 2 aromatic heterocycles. The summed E-state index contributed by atoms with van der Waals surface area (Å²) in [5, 5.41) is 21.8. The van der Waals surface area contributed by atoms with E-state index in [2.05, 4.69) is 9.97 Å². The van der Waals surface area contributed by atoms with Gasteiger partial charge in [-0.15, -0.1) is 0 Å². The number of hydrogen-bond acceptors (Lipinski definition) is 14. The summed E-state index contributed by atoms with van der Waals surface area (Å²) in [5.41, 5.74) is 0.187. The van der Waals surface area contributed by atoms with Gasteiger partial charge < -0.3 is 50.1 Å². The second kappa shape index (κ2) is 31.6. The van der Waals surface area contributed by atoms with E-state index in [1.54, 1.807) is 0 Å². The number of aliphatic hydroxyl groups is 2. The predicted octanol–water partition coefficient (Wildman–Crippen LogP) is 13.0. The molecular weight excluding hydrogens is 1160 g/mol. The Balaban J connectivity index is 0.000000822. The highest BCUT2D eigenvalue weighted by atomic mass is 19.4. The standard InChI is InChI=1S/2C28H27F5N2O6.4CH4/c2*1-15(29)18-12-17(4-6-19(18)30)26-22(39-2)8-9-24(35-26)27(38,28(31,32)33)11-10-20(36)16-5-7-21(23(13-16)40-3)41-14-25(34)37;;;;/h2*4-9,12-13,15,38H,10-11,14H2,1-3H3,(H2,34,37);4*1H4. The van der Waals surface area contributed by atoms with Gasteiger partial charge >= 0.3 is 12.4 Å². The highest BCUT2D eigenvalue weighted by molar-refractivity contribution is 5.97. The number of carbonyl (C=O) groups excluding carboxylic acids is 4. The Morgan fingerprint density at radius 1 is 0.488 bits per heavy atom. The van der Waals surface area contributed by atoms with E-state index < -0.39 is 121 Å². The number of primary amides is 2. The second-order valence-corrected chi connectivity index (χ2v) is 18.0. The quantitative estimate of drug-likeness (QED) is 0.0326. The van der Waals surface area contributed by atoms with Crippen molar-refractivity contribution < 1.29 is 102 Å². The Morgan fingerprint density at radius 3 is 1.08 bits per heavy atom. The zero-order valence-corrected chi connectivity index (χ0v) is 44.4. The number of amides is 2. The minimum atomic E-state index is -5.27. The fourth-order valence-corrected chi connectivity index (χ4v) is 8.01. The molecule has 472 valence electrons. The van der Waals surface area contributed by atoms with Crippen LogP contribution in [0.15, 0.2) is 97.1 Å². The van der Waals surface area contributed by atoms with Crippen LogP contribution in [0.2, 0.25) is 0 Å². The number of nitrogens with zero attached hydrogens (tertiary/aromatic N) is 2. The predicted molar refractivity (Wildman–Crippen MR) is 301 cm³/mol. The molecular formula is C60H70F10N4O12. The number of methoxy groups -OCH3 is 4. The lowest BCUT2D eigenvalue weighted by Gasteiger charge is -2.30. The van der Waals surface area contributed by atoms with Crippen molar-refractivity contribution in [3.8, 4) is 57.0 Å². The summed E-state index contributed by atoms with van der Waals surface area (Å²) in [6.45, 7) is 1.26. The van der Waals surface area contributed by atoms with Crippen LogP contribution in [-0.4, -0.2) is 97.6 Å². The number of alkyl halides is 8. The highest BCUT2D eigenvalue weighted by Crippen LogP contribution is 2.46. The number of halogens is 10. The zero-order chi connectivity index (χ0) is 61.1. The molecule has 16 nitrogen and oxygen atoms in total. The van der Waals surface area contributed by atoms with Gasteiger partial charge in [0.25, 0.3) is 11.8 Å². The number of ether oxygens (including phenoxy) is 6. The maximum Gasteiger partial charge on any atom is 0.422 e. The minimum absolute atomic E-state index is 0. The lowest BCUT2D eigenvalue weighted by Crippen LogP contribution is -2.43. The van der Waals surface area contributed by atoms with E-state index in [9.17, 15) is 73.3 Å². The summed E-state index contributed by atoms with van der Waals surface area (Å²) in [5.74, 6) is -4.54. The molecule has 0 aliphatic heterocycles. The first kappa shape index (κ1) is 75.5. The maximum atomic E-state index is 14.3. The molecule has 0 spiro atoms. The smallest absolute Gasteiger partial charge is 0.422 e. The molecule has 26 heteroatoms. The summed E-state index contributed by atoms with van der Waals surface area (Å²) in [4.78, 5) is 55.6. The lowest BCUT2D eigenvalue weighted by atomic mass is 9.89. The maximum absolute atomic E-state index is 14.3. The van der Waals surface area contributed by atoms with Crippen LogP contribution >= 0.6 is 0 Å². The Hall–Kier alpha value is -8.52. The van der Waals surface area contributed by atoms with Crippen molar-refractivity contribution in [2.75, 3.05) is 41.7 Å². The largest absolute Gasteiger partial charge is 0.494 e. The van der Waals surface area contributed by atoms with Crippen molar-refractivity contribution in [2.45, 2.75) is 105 Å². The monoisotopic (exact) mass is 1230 g/mol. The van der Waals surface area contributed by atoms with Gasteiger partial charge in [0.15, 0.2) is 47.8 Å². The van der Waals surface area contributed by atoms with Crippen LogP contribution in [0.5, 0.6) is 34.5 Å². The zero-order valence-electron chi connectivity index (χ0n) is 44.4. The van der Waals surface area contributed by atoms with E-state index in [4.69, 9.17) is 39.9 Å². The van der Waals surface area contributed by atoms with Gasteiger partial charge in [-0.2, -0.15) is 26.3 Å². The molecule has 0 saturated heterocycles. The molecule has 2 amide bonds. The van der Waals surface area contributed by atoms with E-state index in [-0.39, 0.29) is 109 Å². The van der Waals surface area contributed by atoms with Crippen LogP contribution in [-0.2, 0) is 20.8 Å². The minimum Gasteiger partial charge on any atom is -0.494 e. The third-order valence-electron chi connectivity index (χ3n) is 12.5. The van der Waals surface area contributed by atoms with Crippen LogP contribution in [0.1, 0.15) is 125 Å². The van der Waals surface area contributed by atoms with Crippen molar-refractivity contribution >= 4 is 23.4 Å². The number of ketones is 2. The summed E-state index contributed by atoms with van der Waals surface area (Å²) < 4.78 is 173. The molecule has 0 radical (unpaired) electrons. The first-order valence-electron chi connectivity index (χ1n) is 24.2. The molecule has 0 saturated carbocycles. The number of nitrogens with two attached hydrogens (primary N) is 2. The van der Waals surface area contributed by atoms with Crippen molar-refractivity contribution in [3.63, 3.8) is 0 Å². The van der Waals surface area contributed by atoms with Gasteiger partial charge in [0.05, 0.1) is 39.8 Å². The first-order chi connectivity index (χ1) is 38.4. The molecule has 86 heavy (non-hydrogen) atoms.